The topological polar surface area (TPSA) is 29.9 Å². The molecule has 0 spiro atoms. The van der Waals surface area contributed by atoms with E-state index in [1.54, 1.807) is 0 Å². The Kier molecular flexibility index (Phi) is 8.57. The van der Waals surface area contributed by atoms with Gasteiger partial charge < -0.3 is 5.32 Å². The van der Waals surface area contributed by atoms with Gasteiger partial charge in [-0.15, -0.1) is 0 Å². The van der Waals surface area contributed by atoms with Crippen molar-refractivity contribution in [3.63, 3.8) is 0 Å². The van der Waals surface area contributed by atoms with Gasteiger partial charge in [0.05, 0.1) is 0 Å². The molecule has 0 saturated heterocycles. The molecule has 1 aromatic rings. The van der Waals surface area contributed by atoms with Crippen LogP contribution in [0, 0.1) is 0 Å². The first-order valence-electron chi connectivity index (χ1n) is 7.53. The number of rotatable bonds is 11. The van der Waals surface area contributed by atoms with Gasteiger partial charge in [-0.3, -0.25) is 4.68 Å². The van der Waals surface area contributed by atoms with Crippen LogP contribution in [0.3, 0.4) is 0 Å². The van der Waals surface area contributed by atoms with Gasteiger partial charge in [-0.05, 0) is 32.4 Å². The summed E-state index contributed by atoms with van der Waals surface area (Å²) in [5, 5.41) is 7.79. The molecule has 1 atom stereocenters. The molecule has 1 unspecified atom stereocenters. The van der Waals surface area contributed by atoms with Crippen molar-refractivity contribution >= 4 is 0 Å². The van der Waals surface area contributed by atoms with Crippen molar-refractivity contribution in [2.45, 2.75) is 71.4 Å². The zero-order valence-corrected chi connectivity index (χ0v) is 12.1. The molecule has 1 N–H and O–H groups in total. The molecule has 104 valence electrons. The van der Waals surface area contributed by atoms with Gasteiger partial charge in [0, 0.05) is 25.0 Å². The molecule has 0 aromatic carbocycles. The SMILES string of the molecule is CCCCCCCC(C)NCCCn1cccn1. The quantitative estimate of drug-likeness (QED) is 0.609. The molecule has 0 radical (unpaired) electrons. The first kappa shape index (κ1) is 15.2. The fourth-order valence-electron chi connectivity index (χ4n) is 2.18. The van der Waals surface area contributed by atoms with Crippen molar-refractivity contribution in [3.8, 4) is 0 Å². The van der Waals surface area contributed by atoms with Gasteiger partial charge in [-0.1, -0.05) is 39.0 Å². The Balaban J connectivity index is 1.88. The molecule has 0 amide bonds. The molecular formula is C15H29N3. The summed E-state index contributed by atoms with van der Waals surface area (Å²) in [6.07, 6.45) is 13.2. The molecule has 1 aromatic heterocycles. The number of aromatic nitrogens is 2. The Morgan fingerprint density at radius 1 is 1.17 bits per heavy atom. The van der Waals surface area contributed by atoms with Gasteiger partial charge in [-0.2, -0.15) is 5.10 Å². The molecule has 1 rings (SSSR count). The Hall–Kier alpha value is -0.830. The fraction of sp³-hybridized carbons (Fsp3) is 0.800. The van der Waals surface area contributed by atoms with E-state index in [4.69, 9.17) is 0 Å². The maximum Gasteiger partial charge on any atom is 0.0489 e. The number of hydrogen-bond donors (Lipinski definition) is 1. The summed E-state index contributed by atoms with van der Waals surface area (Å²) < 4.78 is 2.00. The van der Waals surface area contributed by atoms with Gasteiger partial charge in [0.1, 0.15) is 0 Å². The number of aryl methyl sites for hydroxylation is 1. The third-order valence-electron chi connectivity index (χ3n) is 3.36. The zero-order valence-electron chi connectivity index (χ0n) is 12.1. The van der Waals surface area contributed by atoms with Gasteiger partial charge in [0.25, 0.3) is 0 Å². The Bertz CT molecular complexity index is 269. The third kappa shape index (κ3) is 7.49. The maximum atomic E-state index is 4.20. The number of nitrogens with zero attached hydrogens (tertiary/aromatic N) is 2. The van der Waals surface area contributed by atoms with Crippen molar-refractivity contribution in [3.05, 3.63) is 18.5 Å². The number of hydrogen-bond acceptors (Lipinski definition) is 2. The molecule has 0 fully saturated rings. The normalized spacial score (nSPS) is 12.8. The average molecular weight is 251 g/mol. The molecule has 3 heteroatoms. The van der Waals surface area contributed by atoms with E-state index < -0.39 is 0 Å². The highest BCUT2D eigenvalue weighted by Gasteiger charge is 2.00. The monoisotopic (exact) mass is 251 g/mol. The number of unbranched alkanes of at least 4 members (excludes halogenated alkanes) is 4. The lowest BCUT2D eigenvalue weighted by molar-refractivity contribution is 0.458. The second kappa shape index (κ2) is 10.1. The highest BCUT2D eigenvalue weighted by Crippen LogP contribution is 2.07. The third-order valence-corrected chi connectivity index (χ3v) is 3.36. The summed E-state index contributed by atoms with van der Waals surface area (Å²) >= 11 is 0. The summed E-state index contributed by atoms with van der Waals surface area (Å²) in [5.74, 6) is 0. The lowest BCUT2D eigenvalue weighted by Crippen LogP contribution is -2.27. The second-order valence-electron chi connectivity index (χ2n) is 5.18. The average Bonchev–Trinajstić information content (AvgIpc) is 2.87. The lowest BCUT2D eigenvalue weighted by Gasteiger charge is -2.13. The van der Waals surface area contributed by atoms with Crippen LogP contribution in [-0.4, -0.2) is 22.4 Å². The molecule has 3 nitrogen and oxygen atoms in total. The van der Waals surface area contributed by atoms with Crippen molar-refractivity contribution in [2.24, 2.45) is 0 Å². The maximum absolute atomic E-state index is 4.20. The zero-order chi connectivity index (χ0) is 13.1. The van der Waals surface area contributed by atoms with Crippen molar-refractivity contribution < 1.29 is 0 Å². The molecule has 0 saturated carbocycles. The molecule has 18 heavy (non-hydrogen) atoms. The first-order chi connectivity index (χ1) is 8.83. The minimum Gasteiger partial charge on any atom is -0.314 e. The van der Waals surface area contributed by atoms with Gasteiger partial charge in [-0.25, -0.2) is 0 Å². The van der Waals surface area contributed by atoms with Crippen LogP contribution >= 0.6 is 0 Å². The fourth-order valence-corrected chi connectivity index (χ4v) is 2.18. The highest BCUT2D eigenvalue weighted by molar-refractivity contribution is 4.77. The summed E-state index contributed by atoms with van der Waals surface area (Å²) in [5.41, 5.74) is 0. The second-order valence-corrected chi connectivity index (χ2v) is 5.18. The summed E-state index contributed by atoms with van der Waals surface area (Å²) in [7, 11) is 0. The van der Waals surface area contributed by atoms with Crippen LogP contribution in [0.2, 0.25) is 0 Å². The van der Waals surface area contributed by atoms with E-state index >= 15 is 0 Å². The van der Waals surface area contributed by atoms with Crippen LogP contribution in [0.4, 0.5) is 0 Å². The van der Waals surface area contributed by atoms with Crippen molar-refractivity contribution in [1.29, 1.82) is 0 Å². The molecule has 0 aliphatic heterocycles. The molecule has 0 bridgehead atoms. The molecule has 1 heterocycles. The molecule has 0 aliphatic carbocycles. The van der Waals surface area contributed by atoms with Crippen LogP contribution in [0.1, 0.15) is 58.8 Å². The Morgan fingerprint density at radius 2 is 2.00 bits per heavy atom. The summed E-state index contributed by atoms with van der Waals surface area (Å²) in [4.78, 5) is 0. The Morgan fingerprint density at radius 3 is 2.72 bits per heavy atom. The summed E-state index contributed by atoms with van der Waals surface area (Å²) in [6.45, 7) is 6.68. The van der Waals surface area contributed by atoms with Crippen LogP contribution in [0.15, 0.2) is 18.5 Å². The van der Waals surface area contributed by atoms with E-state index in [1.165, 1.54) is 38.5 Å². The van der Waals surface area contributed by atoms with Crippen LogP contribution in [-0.2, 0) is 6.54 Å². The van der Waals surface area contributed by atoms with E-state index in [0.29, 0.717) is 6.04 Å². The van der Waals surface area contributed by atoms with Crippen molar-refractivity contribution in [1.82, 2.24) is 15.1 Å². The predicted octanol–water partition coefficient (Wildman–Crippen LogP) is 3.61. The molecular weight excluding hydrogens is 222 g/mol. The van der Waals surface area contributed by atoms with Gasteiger partial charge >= 0.3 is 0 Å². The largest absolute Gasteiger partial charge is 0.314 e. The van der Waals surface area contributed by atoms with Crippen LogP contribution < -0.4 is 5.32 Å². The minimum atomic E-state index is 0.657. The van der Waals surface area contributed by atoms with E-state index in [1.807, 2.05) is 23.1 Å². The van der Waals surface area contributed by atoms with E-state index in [0.717, 1.165) is 19.5 Å². The standard InChI is InChI=1S/C15H29N3/c1-3-4-5-6-7-10-15(2)16-11-8-13-18-14-9-12-17-18/h9,12,14-16H,3-8,10-11,13H2,1-2H3. The van der Waals surface area contributed by atoms with Crippen LogP contribution in [0.5, 0.6) is 0 Å². The Labute approximate surface area is 112 Å². The lowest BCUT2D eigenvalue weighted by atomic mass is 10.1. The van der Waals surface area contributed by atoms with Gasteiger partial charge in [0.2, 0.25) is 0 Å². The number of nitrogens with one attached hydrogen (secondary N) is 1. The van der Waals surface area contributed by atoms with Crippen molar-refractivity contribution in [2.75, 3.05) is 6.54 Å². The smallest absolute Gasteiger partial charge is 0.0489 e. The first-order valence-corrected chi connectivity index (χ1v) is 7.53. The highest BCUT2D eigenvalue weighted by atomic mass is 15.3. The predicted molar refractivity (Wildman–Crippen MR) is 77.7 cm³/mol. The molecule has 0 aliphatic rings. The van der Waals surface area contributed by atoms with E-state index in [-0.39, 0.29) is 0 Å². The van der Waals surface area contributed by atoms with E-state index in [2.05, 4.69) is 24.3 Å². The minimum absolute atomic E-state index is 0.657. The summed E-state index contributed by atoms with van der Waals surface area (Å²) in [6, 6.07) is 2.64. The van der Waals surface area contributed by atoms with E-state index in [9.17, 15) is 0 Å². The van der Waals surface area contributed by atoms with Gasteiger partial charge in [0.15, 0.2) is 0 Å². The van der Waals surface area contributed by atoms with Crippen LogP contribution in [0.25, 0.3) is 0 Å².